The molecule has 0 aromatic carbocycles. The van der Waals surface area contributed by atoms with Gasteiger partial charge in [0.25, 0.3) is 5.91 Å². The molecule has 0 bridgehead atoms. The monoisotopic (exact) mass is 208 g/mol. The van der Waals surface area contributed by atoms with E-state index in [1.165, 1.54) is 0 Å². The molecule has 2 atom stereocenters. The quantitative estimate of drug-likeness (QED) is 0.414. The maximum absolute atomic E-state index is 11.1. The number of carbonyl (C=O) groups is 1. The second-order valence-electron chi connectivity index (χ2n) is 2.95. The van der Waals surface area contributed by atoms with E-state index in [-0.39, 0.29) is 12.1 Å². The Hall–Kier alpha value is -0.700. The summed E-state index contributed by atoms with van der Waals surface area (Å²) in [5, 5.41) is 3.57. The van der Waals surface area contributed by atoms with E-state index in [1.54, 1.807) is 0 Å². The molecule has 2 fully saturated rings. The van der Waals surface area contributed by atoms with Crippen LogP contribution in [0.5, 0.6) is 0 Å². The zero-order valence-corrected chi connectivity index (χ0v) is 7.32. The third-order valence-corrected chi connectivity index (χ3v) is 2.50. The lowest BCUT2D eigenvalue weighted by molar-refractivity contribution is -0.193. The fourth-order valence-corrected chi connectivity index (χ4v) is 1.99. The Morgan fingerprint density at radius 1 is 1.62 bits per heavy atom. The Bertz CT molecular complexity index is 339. The van der Waals surface area contributed by atoms with Crippen molar-refractivity contribution in [2.45, 2.75) is 18.5 Å². The second-order valence-corrected chi connectivity index (χ2v) is 3.96. The highest BCUT2D eigenvalue weighted by Crippen LogP contribution is 2.27. The molecule has 0 spiro atoms. The summed E-state index contributed by atoms with van der Waals surface area (Å²) >= 11 is 0. The first-order chi connectivity index (χ1) is 5.99. The van der Waals surface area contributed by atoms with Gasteiger partial charge in [0.2, 0.25) is 0 Å². The lowest BCUT2D eigenvalue weighted by Gasteiger charge is -2.39. The fraction of sp³-hybridized carbons (Fsp3) is 0.800. The first-order valence-corrected chi connectivity index (χ1v) is 5.09. The number of amides is 1. The molecule has 2 aliphatic heterocycles. The van der Waals surface area contributed by atoms with Crippen LogP contribution in [0.25, 0.3) is 0 Å². The smallest absolute Gasteiger partial charge is 0.304 e. The Balaban J connectivity index is 2.06. The van der Waals surface area contributed by atoms with Crippen molar-refractivity contribution in [3.8, 4) is 0 Å². The van der Waals surface area contributed by atoms with E-state index in [9.17, 15) is 13.2 Å². The van der Waals surface area contributed by atoms with Crippen LogP contribution in [0.1, 0.15) is 6.42 Å². The van der Waals surface area contributed by atoms with Crippen molar-refractivity contribution >= 4 is 16.3 Å². The minimum Gasteiger partial charge on any atom is -0.304 e. The number of carbonyl (C=O) groups excluding carboxylic acids is 1. The molecule has 2 rings (SSSR count). The van der Waals surface area contributed by atoms with E-state index < -0.39 is 16.3 Å². The number of nitrogens with zero attached hydrogens (tertiary/aromatic N) is 1. The second kappa shape index (κ2) is 2.64. The molecule has 7 nitrogen and oxygen atoms in total. The number of rotatable bonds is 2. The number of nitrogens with one attached hydrogen (secondary N) is 1. The van der Waals surface area contributed by atoms with Gasteiger partial charge in [-0.1, -0.05) is 0 Å². The average Bonchev–Trinajstić information content (AvgIpc) is 2.42. The van der Waals surface area contributed by atoms with Gasteiger partial charge in [-0.2, -0.15) is 13.5 Å². The normalized spacial score (nSPS) is 33.0. The molecule has 0 saturated carbocycles. The number of β-lactam (4-membered cyclic amide) rings is 1. The van der Waals surface area contributed by atoms with Crippen molar-refractivity contribution < 1.29 is 22.0 Å². The van der Waals surface area contributed by atoms with Gasteiger partial charge < -0.3 is 5.32 Å². The molecule has 0 unspecified atom stereocenters. The zero-order chi connectivity index (χ0) is 9.64. The standard InChI is InChI=1S/C5H8N2O5S/c8-5-4-3(1-2-6-4)7(5)12-13(9,10)11/h3-4,6H,1-2H2,(H,9,10,11)/t3-,4+/m1/s1. The van der Waals surface area contributed by atoms with Gasteiger partial charge in [-0.15, -0.1) is 4.28 Å². The van der Waals surface area contributed by atoms with Crippen molar-refractivity contribution in [2.75, 3.05) is 6.54 Å². The predicted molar refractivity (Wildman–Crippen MR) is 39.7 cm³/mol. The van der Waals surface area contributed by atoms with Crippen LogP contribution in [0.3, 0.4) is 0 Å². The van der Waals surface area contributed by atoms with Crippen molar-refractivity contribution in [3.05, 3.63) is 0 Å². The minimum absolute atomic E-state index is 0.269. The summed E-state index contributed by atoms with van der Waals surface area (Å²) in [5.41, 5.74) is 0. The molecule has 0 aromatic rings. The maximum atomic E-state index is 11.1. The van der Waals surface area contributed by atoms with Crippen LogP contribution in [-0.4, -0.2) is 42.6 Å². The molecule has 13 heavy (non-hydrogen) atoms. The predicted octanol–water partition coefficient (Wildman–Crippen LogP) is -1.71. The molecule has 74 valence electrons. The van der Waals surface area contributed by atoms with Gasteiger partial charge in [-0.3, -0.25) is 9.35 Å². The Labute approximate surface area is 74.6 Å². The third kappa shape index (κ3) is 1.41. The van der Waals surface area contributed by atoms with Gasteiger partial charge in [0.05, 0.1) is 6.04 Å². The highest BCUT2D eigenvalue weighted by Gasteiger charge is 2.52. The van der Waals surface area contributed by atoms with E-state index in [0.29, 0.717) is 18.0 Å². The SMILES string of the molecule is O=C1[C@H]2NCC[C@H]2N1OS(=O)(=O)O. The molecular formula is C5H8N2O5S. The van der Waals surface area contributed by atoms with Gasteiger partial charge >= 0.3 is 10.4 Å². The van der Waals surface area contributed by atoms with Crippen LogP contribution in [-0.2, 0) is 19.5 Å². The molecule has 8 heteroatoms. The van der Waals surface area contributed by atoms with Gasteiger partial charge in [0, 0.05) is 0 Å². The molecule has 0 aromatic heterocycles. The number of hydrogen-bond donors (Lipinski definition) is 2. The van der Waals surface area contributed by atoms with E-state index in [1.807, 2.05) is 0 Å². The largest absolute Gasteiger partial charge is 0.418 e. The highest BCUT2D eigenvalue weighted by molar-refractivity contribution is 7.80. The summed E-state index contributed by atoms with van der Waals surface area (Å²) in [5.74, 6) is -0.458. The van der Waals surface area contributed by atoms with Crippen LogP contribution in [0.15, 0.2) is 0 Å². The summed E-state index contributed by atoms with van der Waals surface area (Å²) in [7, 11) is -4.58. The van der Waals surface area contributed by atoms with E-state index in [2.05, 4.69) is 9.60 Å². The van der Waals surface area contributed by atoms with Gasteiger partial charge in [-0.25, -0.2) is 0 Å². The van der Waals surface area contributed by atoms with Gasteiger partial charge in [0.15, 0.2) is 0 Å². The van der Waals surface area contributed by atoms with Crippen LogP contribution in [0.4, 0.5) is 0 Å². The topological polar surface area (TPSA) is 95.9 Å². The summed E-state index contributed by atoms with van der Waals surface area (Å²) in [4.78, 5) is 11.1. The summed E-state index contributed by atoms with van der Waals surface area (Å²) < 4.78 is 33.0. The first kappa shape index (κ1) is 8.88. The van der Waals surface area contributed by atoms with Crippen LogP contribution < -0.4 is 5.32 Å². The maximum Gasteiger partial charge on any atom is 0.418 e. The number of hydrogen-bond acceptors (Lipinski definition) is 5. The summed E-state index contributed by atoms with van der Waals surface area (Å²) in [6.07, 6.45) is 0.631. The lowest BCUT2D eigenvalue weighted by Crippen LogP contribution is -2.65. The molecule has 2 aliphatic rings. The van der Waals surface area contributed by atoms with Crippen molar-refractivity contribution in [3.63, 3.8) is 0 Å². The Morgan fingerprint density at radius 3 is 2.92 bits per heavy atom. The number of fused-ring (bicyclic) bond motifs is 1. The molecule has 2 N–H and O–H groups in total. The molecule has 0 aliphatic carbocycles. The van der Waals surface area contributed by atoms with Gasteiger partial charge in [0.1, 0.15) is 6.04 Å². The van der Waals surface area contributed by atoms with Crippen LogP contribution in [0.2, 0.25) is 0 Å². The zero-order valence-electron chi connectivity index (χ0n) is 6.50. The van der Waals surface area contributed by atoms with E-state index >= 15 is 0 Å². The van der Waals surface area contributed by atoms with Crippen molar-refractivity contribution in [2.24, 2.45) is 0 Å². The van der Waals surface area contributed by atoms with Crippen molar-refractivity contribution in [1.82, 2.24) is 10.4 Å². The molecule has 1 amide bonds. The van der Waals surface area contributed by atoms with E-state index in [0.717, 1.165) is 0 Å². The van der Waals surface area contributed by atoms with Crippen LogP contribution >= 0.6 is 0 Å². The summed E-state index contributed by atoms with van der Waals surface area (Å²) in [6, 6.07) is -0.615. The third-order valence-electron chi connectivity index (χ3n) is 2.15. The van der Waals surface area contributed by atoms with Crippen LogP contribution in [0, 0.1) is 0 Å². The lowest BCUT2D eigenvalue weighted by atomic mass is 10.0. The Kier molecular flexibility index (Phi) is 1.80. The fourth-order valence-electron chi connectivity index (χ4n) is 1.61. The minimum atomic E-state index is -4.58. The molecular weight excluding hydrogens is 200 g/mol. The summed E-state index contributed by atoms with van der Waals surface area (Å²) in [6.45, 7) is 0.645. The average molecular weight is 208 g/mol. The van der Waals surface area contributed by atoms with E-state index in [4.69, 9.17) is 4.55 Å². The molecule has 2 heterocycles. The molecule has 2 saturated heterocycles. The van der Waals surface area contributed by atoms with Crippen molar-refractivity contribution in [1.29, 1.82) is 0 Å². The first-order valence-electron chi connectivity index (χ1n) is 3.72. The number of hydroxylamine groups is 2. The van der Waals surface area contributed by atoms with Gasteiger partial charge in [-0.05, 0) is 13.0 Å². The molecule has 0 radical (unpaired) electrons. The Morgan fingerprint density at radius 2 is 2.31 bits per heavy atom. The highest BCUT2D eigenvalue weighted by atomic mass is 32.3.